The summed E-state index contributed by atoms with van der Waals surface area (Å²) in [6.07, 6.45) is 5.18. The van der Waals surface area contributed by atoms with E-state index in [0.29, 0.717) is 16.7 Å². The molecule has 0 atom stereocenters. The van der Waals surface area contributed by atoms with Gasteiger partial charge in [-0.2, -0.15) is 0 Å². The van der Waals surface area contributed by atoms with E-state index in [4.69, 9.17) is 17.3 Å². The van der Waals surface area contributed by atoms with Crippen molar-refractivity contribution < 1.29 is 0 Å². The van der Waals surface area contributed by atoms with Gasteiger partial charge in [-0.15, -0.1) is 0 Å². The third-order valence-corrected chi connectivity index (χ3v) is 1.65. The lowest BCUT2D eigenvalue weighted by Gasteiger charge is -1.97. The Bertz CT molecular complexity index is 311. The summed E-state index contributed by atoms with van der Waals surface area (Å²) in [5.41, 5.74) is 6.02. The van der Waals surface area contributed by atoms with Gasteiger partial charge in [-0.25, -0.2) is 9.97 Å². The molecule has 0 aliphatic rings. The third kappa shape index (κ3) is 3.01. The SMILES string of the molecule is CNCC=Cc1ncc(N)nc1Cl. The second-order valence-electron chi connectivity index (χ2n) is 2.43. The number of hydrogen-bond acceptors (Lipinski definition) is 4. The average Bonchev–Trinajstić information content (AvgIpc) is 2.09. The van der Waals surface area contributed by atoms with Crippen molar-refractivity contribution in [3.8, 4) is 0 Å². The Kier molecular flexibility index (Phi) is 3.67. The van der Waals surface area contributed by atoms with E-state index in [2.05, 4.69) is 15.3 Å². The van der Waals surface area contributed by atoms with Crippen LogP contribution in [0.15, 0.2) is 12.3 Å². The lowest BCUT2D eigenvalue weighted by Crippen LogP contribution is -2.04. The fourth-order valence-corrected chi connectivity index (χ4v) is 0.998. The van der Waals surface area contributed by atoms with Crippen LogP contribution in [-0.2, 0) is 0 Å². The molecule has 0 aliphatic heterocycles. The summed E-state index contributed by atoms with van der Waals surface area (Å²) in [7, 11) is 1.86. The Morgan fingerprint density at radius 1 is 1.69 bits per heavy atom. The van der Waals surface area contributed by atoms with Crippen LogP contribution >= 0.6 is 11.6 Å². The van der Waals surface area contributed by atoms with Crippen LogP contribution in [0.25, 0.3) is 6.08 Å². The Morgan fingerprint density at radius 3 is 3.08 bits per heavy atom. The van der Waals surface area contributed by atoms with Gasteiger partial charge in [0.15, 0.2) is 5.15 Å². The molecule has 0 bridgehead atoms. The monoisotopic (exact) mass is 198 g/mol. The van der Waals surface area contributed by atoms with E-state index >= 15 is 0 Å². The highest BCUT2D eigenvalue weighted by Crippen LogP contribution is 2.12. The van der Waals surface area contributed by atoms with Crippen molar-refractivity contribution in [3.63, 3.8) is 0 Å². The van der Waals surface area contributed by atoms with Gasteiger partial charge in [0.1, 0.15) is 11.5 Å². The largest absolute Gasteiger partial charge is 0.382 e. The van der Waals surface area contributed by atoms with Gasteiger partial charge in [-0.05, 0) is 13.1 Å². The lowest BCUT2D eigenvalue weighted by molar-refractivity contribution is 0.922. The number of nitrogens with two attached hydrogens (primary N) is 1. The second kappa shape index (κ2) is 4.79. The molecule has 0 unspecified atom stereocenters. The molecule has 0 aliphatic carbocycles. The third-order valence-electron chi connectivity index (χ3n) is 1.37. The van der Waals surface area contributed by atoms with Crippen molar-refractivity contribution >= 4 is 23.5 Å². The molecule has 1 aromatic heterocycles. The highest BCUT2D eigenvalue weighted by atomic mass is 35.5. The minimum atomic E-state index is 0.326. The number of nitrogens with zero attached hydrogens (tertiary/aromatic N) is 2. The van der Waals surface area contributed by atoms with E-state index in [0.717, 1.165) is 6.54 Å². The number of rotatable bonds is 3. The summed E-state index contributed by atoms with van der Waals surface area (Å²) in [6.45, 7) is 0.766. The normalized spacial score (nSPS) is 10.9. The quantitative estimate of drug-likeness (QED) is 0.759. The zero-order chi connectivity index (χ0) is 9.68. The Balaban J connectivity index is 2.77. The molecule has 13 heavy (non-hydrogen) atoms. The van der Waals surface area contributed by atoms with Crippen molar-refractivity contribution in [3.05, 3.63) is 23.1 Å². The van der Waals surface area contributed by atoms with Crippen LogP contribution in [0.1, 0.15) is 5.69 Å². The number of nitrogen functional groups attached to an aromatic ring is 1. The summed E-state index contributed by atoms with van der Waals surface area (Å²) in [4.78, 5) is 7.88. The molecule has 5 heteroatoms. The highest BCUT2D eigenvalue weighted by Gasteiger charge is 1.98. The fraction of sp³-hybridized carbons (Fsp3) is 0.250. The molecule has 3 N–H and O–H groups in total. The molecule has 0 spiro atoms. The first-order chi connectivity index (χ1) is 6.24. The van der Waals surface area contributed by atoms with Gasteiger partial charge < -0.3 is 11.1 Å². The fourth-order valence-electron chi connectivity index (χ4n) is 0.789. The molecule has 0 aromatic carbocycles. The van der Waals surface area contributed by atoms with Crippen LogP contribution in [0.4, 0.5) is 5.82 Å². The smallest absolute Gasteiger partial charge is 0.157 e. The van der Waals surface area contributed by atoms with E-state index in [1.54, 1.807) is 6.08 Å². The summed E-state index contributed by atoms with van der Waals surface area (Å²) in [6, 6.07) is 0. The molecule has 0 saturated carbocycles. The number of nitrogens with one attached hydrogen (secondary N) is 1. The van der Waals surface area contributed by atoms with Gasteiger partial charge in [0.2, 0.25) is 0 Å². The first-order valence-corrected chi connectivity index (χ1v) is 4.21. The first kappa shape index (κ1) is 9.95. The summed E-state index contributed by atoms with van der Waals surface area (Å²) in [5.74, 6) is 0.329. The Labute approximate surface area is 81.8 Å². The zero-order valence-corrected chi connectivity index (χ0v) is 8.04. The van der Waals surface area contributed by atoms with Crippen molar-refractivity contribution in [1.29, 1.82) is 0 Å². The van der Waals surface area contributed by atoms with E-state index in [1.165, 1.54) is 6.20 Å². The predicted octanol–water partition coefficient (Wildman–Crippen LogP) is 0.945. The molecule has 1 aromatic rings. The van der Waals surface area contributed by atoms with Crippen LogP contribution in [0.5, 0.6) is 0 Å². The average molecular weight is 199 g/mol. The van der Waals surface area contributed by atoms with Gasteiger partial charge in [-0.3, -0.25) is 0 Å². The molecular weight excluding hydrogens is 188 g/mol. The molecule has 0 radical (unpaired) electrons. The lowest BCUT2D eigenvalue weighted by atomic mass is 10.4. The van der Waals surface area contributed by atoms with Gasteiger partial charge in [0.05, 0.1) is 6.20 Å². The van der Waals surface area contributed by atoms with Crippen LogP contribution in [0.3, 0.4) is 0 Å². The van der Waals surface area contributed by atoms with Gasteiger partial charge in [0.25, 0.3) is 0 Å². The standard InChI is InChI=1S/C8H11ClN4/c1-11-4-2-3-6-8(9)13-7(10)5-12-6/h2-3,5,11H,4H2,1H3,(H2,10,13). The molecule has 4 nitrogen and oxygen atoms in total. The maximum Gasteiger partial charge on any atom is 0.157 e. The molecule has 1 rings (SSSR count). The second-order valence-corrected chi connectivity index (χ2v) is 2.79. The highest BCUT2D eigenvalue weighted by molar-refractivity contribution is 6.30. The molecule has 1 heterocycles. The van der Waals surface area contributed by atoms with Gasteiger partial charge in [-0.1, -0.05) is 17.7 Å². The topological polar surface area (TPSA) is 63.8 Å². The van der Waals surface area contributed by atoms with Crippen molar-refractivity contribution in [2.75, 3.05) is 19.3 Å². The van der Waals surface area contributed by atoms with Crippen LogP contribution in [0.2, 0.25) is 5.15 Å². The predicted molar refractivity (Wildman–Crippen MR) is 54.4 cm³/mol. The van der Waals surface area contributed by atoms with E-state index in [9.17, 15) is 0 Å². The number of anilines is 1. The summed E-state index contributed by atoms with van der Waals surface area (Å²) in [5, 5.41) is 3.29. The Hall–Kier alpha value is -1.13. The first-order valence-electron chi connectivity index (χ1n) is 3.83. The molecular formula is C8H11ClN4. The molecule has 0 amide bonds. The number of likely N-dealkylation sites (N-methyl/N-ethyl adjacent to an activating group) is 1. The van der Waals surface area contributed by atoms with Crippen LogP contribution < -0.4 is 11.1 Å². The molecule has 70 valence electrons. The maximum absolute atomic E-state index is 5.78. The van der Waals surface area contributed by atoms with E-state index in [-0.39, 0.29) is 0 Å². The van der Waals surface area contributed by atoms with Gasteiger partial charge >= 0.3 is 0 Å². The number of halogens is 1. The number of aromatic nitrogens is 2. The summed E-state index contributed by atoms with van der Waals surface area (Å²) >= 11 is 5.78. The Morgan fingerprint density at radius 2 is 2.46 bits per heavy atom. The molecule has 0 fully saturated rings. The van der Waals surface area contributed by atoms with Crippen molar-refractivity contribution in [2.24, 2.45) is 0 Å². The maximum atomic E-state index is 5.78. The zero-order valence-electron chi connectivity index (χ0n) is 7.29. The van der Waals surface area contributed by atoms with Crippen molar-refractivity contribution in [2.45, 2.75) is 0 Å². The summed E-state index contributed by atoms with van der Waals surface area (Å²) < 4.78 is 0. The van der Waals surface area contributed by atoms with Crippen LogP contribution in [-0.4, -0.2) is 23.6 Å². The van der Waals surface area contributed by atoms with E-state index in [1.807, 2.05) is 13.1 Å². The van der Waals surface area contributed by atoms with Crippen LogP contribution in [0, 0.1) is 0 Å². The minimum Gasteiger partial charge on any atom is -0.382 e. The van der Waals surface area contributed by atoms with Gasteiger partial charge in [0, 0.05) is 6.54 Å². The van der Waals surface area contributed by atoms with E-state index < -0.39 is 0 Å². The minimum absolute atomic E-state index is 0.326. The number of hydrogen-bond donors (Lipinski definition) is 2. The molecule has 0 saturated heterocycles. The van der Waals surface area contributed by atoms with Crippen molar-refractivity contribution in [1.82, 2.24) is 15.3 Å².